The molecule has 2 nitrogen and oxygen atoms in total. The van der Waals surface area contributed by atoms with E-state index in [0.29, 0.717) is 18.6 Å². The van der Waals surface area contributed by atoms with Gasteiger partial charge in [0.25, 0.3) is 0 Å². The van der Waals surface area contributed by atoms with E-state index in [4.69, 9.17) is 5.73 Å². The summed E-state index contributed by atoms with van der Waals surface area (Å²) in [6, 6.07) is 0. The third-order valence-electron chi connectivity index (χ3n) is 5.54. The number of aliphatic hydroxyl groups is 1. The molecule has 3 atom stereocenters. The van der Waals surface area contributed by atoms with Crippen molar-refractivity contribution in [1.29, 1.82) is 0 Å². The van der Waals surface area contributed by atoms with Gasteiger partial charge in [-0.2, -0.15) is 0 Å². The molecule has 1 spiro atoms. The summed E-state index contributed by atoms with van der Waals surface area (Å²) in [6.07, 6.45) is 7.84. The molecule has 0 bridgehead atoms. The summed E-state index contributed by atoms with van der Waals surface area (Å²) in [5.74, 6) is 1.71. The molecule has 0 aromatic rings. The first kappa shape index (κ1) is 12.4. The third-order valence-corrected chi connectivity index (χ3v) is 5.54. The highest BCUT2D eigenvalue weighted by Crippen LogP contribution is 2.69. The summed E-state index contributed by atoms with van der Waals surface area (Å²) in [4.78, 5) is 0. The van der Waals surface area contributed by atoms with Crippen LogP contribution in [-0.2, 0) is 0 Å². The Bertz CT molecular complexity index is 247. The van der Waals surface area contributed by atoms with E-state index in [-0.39, 0.29) is 5.41 Å². The van der Waals surface area contributed by atoms with Crippen LogP contribution < -0.4 is 5.73 Å². The summed E-state index contributed by atoms with van der Waals surface area (Å²) in [6.45, 7) is 5.67. The maximum atomic E-state index is 9.56. The van der Waals surface area contributed by atoms with Gasteiger partial charge in [0.2, 0.25) is 0 Å². The number of nitrogens with two attached hydrogens (primary N) is 1. The lowest BCUT2D eigenvalue weighted by atomic mass is 9.84. The zero-order valence-electron chi connectivity index (χ0n) is 10.8. The van der Waals surface area contributed by atoms with Gasteiger partial charge in [0.05, 0.1) is 6.61 Å². The number of hydrogen-bond acceptors (Lipinski definition) is 2. The standard InChI is InChI=1S/C14H27NO/c1-11(2)12-4-3-6-13(7-5-12)8-14(13,9-15)10-16/h11-12,16H,3-10,15H2,1-2H3. The second kappa shape index (κ2) is 4.30. The number of rotatable bonds is 3. The molecule has 2 saturated carbocycles. The Labute approximate surface area is 99.6 Å². The molecule has 0 saturated heterocycles. The first-order chi connectivity index (χ1) is 7.59. The quantitative estimate of drug-likeness (QED) is 0.775. The molecule has 0 amide bonds. The monoisotopic (exact) mass is 225 g/mol. The summed E-state index contributed by atoms with van der Waals surface area (Å²) in [5, 5.41) is 9.56. The van der Waals surface area contributed by atoms with Gasteiger partial charge in [0, 0.05) is 12.0 Å². The van der Waals surface area contributed by atoms with Crippen LogP contribution in [0, 0.1) is 22.7 Å². The average molecular weight is 225 g/mol. The molecule has 0 aromatic heterocycles. The van der Waals surface area contributed by atoms with Crippen molar-refractivity contribution < 1.29 is 5.11 Å². The van der Waals surface area contributed by atoms with Crippen LogP contribution in [0.5, 0.6) is 0 Å². The van der Waals surface area contributed by atoms with Gasteiger partial charge in [-0.05, 0) is 42.9 Å². The summed E-state index contributed by atoms with van der Waals surface area (Å²) in [5.41, 5.74) is 6.38. The molecule has 0 aliphatic heterocycles. The van der Waals surface area contributed by atoms with Crippen LogP contribution in [0.2, 0.25) is 0 Å². The van der Waals surface area contributed by atoms with Crippen molar-refractivity contribution >= 4 is 0 Å². The van der Waals surface area contributed by atoms with Gasteiger partial charge in [0.15, 0.2) is 0 Å². The molecule has 94 valence electrons. The molecule has 2 aliphatic rings. The van der Waals surface area contributed by atoms with E-state index in [2.05, 4.69) is 13.8 Å². The van der Waals surface area contributed by atoms with E-state index < -0.39 is 0 Å². The summed E-state index contributed by atoms with van der Waals surface area (Å²) >= 11 is 0. The second-order valence-electron chi connectivity index (χ2n) is 6.53. The van der Waals surface area contributed by atoms with Crippen LogP contribution in [-0.4, -0.2) is 18.3 Å². The van der Waals surface area contributed by atoms with Gasteiger partial charge in [-0.15, -0.1) is 0 Å². The summed E-state index contributed by atoms with van der Waals surface area (Å²) < 4.78 is 0. The van der Waals surface area contributed by atoms with E-state index in [0.717, 1.165) is 11.8 Å². The van der Waals surface area contributed by atoms with Crippen LogP contribution in [0.4, 0.5) is 0 Å². The molecule has 0 radical (unpaired) electrons. The lowest BCUT2D eigenvalue weighted by molar-refractivity contribution is 0.164. The van der Waals surface area contributed by atoms with Gasteiger partial charge in [-0.25, -0.2) is 0 Å². The molecule has 2 rings (SSSR count). The molecule has 2 aliphatic carbocycles. The minimum Gasteiger partial charge on any atom is -0.396 e. The van der Waals surface area contributed by atoms with E-state index in [1.807, 2.05) is 0 Å². The van der Waals surface area contributed by atoms with Crippen LogP contribution in [0.1, 0.15) is 52.4 Å². The van der Waals surface area contributed by atoms with Crippen molar-refractivity contribution in [3.8, 4) is 0 Å². The third kappa shape index (κ3) is 1.80. The maximum Gasteiger partial charge on any atom is 0.0505 e. The Morgan fingerprint density at radius 2 is 2.06 bits per heavy atom. The van der Waals surface area contributed by atoms with Crippen molar-refractivity contribution in [3.63, 3.8) is 0 Å². The van der Waals surface area contributed by atoms with Crippen molar-refractivity contribution in [1.82, 2.24) is 0 Å². The highest BCUT2D eigenvalue weighted by molar-refractivity contribution is 5.15. The Hall–Kier alpha value is -0.0800. The Morgan fingerprint density at radius 3 is 2.56 bits per heavy atom. The molecule has 3 N–H and O–H groups in total. The van der Waals surface area contributed by atoms with Crippen molar-refractivity contribution in [2.24, 2.45) is 28.4 Å². The smallest absolute Gasteiger partial charge is 0.0505 e. The SMILES string of the molecule is CC(C)C1CCCC2(CC1)CC2(CN)CO. The van der Waals surface area contributed by atoms with Crippen LogP contribution >= 0.6 is 0 Å². The highest BCUT2D eigenvalue weighted by Gasteiger charge is 2.65. The molecule has 2 fully saturated rings. The van der Waals surface area contributed by atoms with Crippen molar-refractivity contribution in [2.75, 3.05) is 13.2 Å². The number of hydrogen-bond donors (Lipinski definition) is 2. The van der Waals surface area contributed by atoms with Crippen LogP contribution in [0.3, 0.4) is 0 Å². The Kier molecular flexibility index (Phi) is 3.33. The second-order valence-corrected chi connectivity index (χ2v) is 6.53. The van der Waals surface area contributed by atoms with Gasteiger partial charge in [-0.3, -0.25) is 0 Å². The van der Waals surface area contributed by atoms with Gasteiger partial charge < -0.3 is 10.8 Å². The zero-order chi connectivity index (χ0) is 11.8. The largest absolute Gasteiger partial charge is 0.396 e. The van der Waals surface area contributed by atoms with E-state index in [1.54, 1.807) is 0 Å². The molecule has 16 heavy (non-hydrogen) atoms. The van der Waals surface area contributed by atoms with Crippen molar-refractivity contribution in [3.05, 3.63) is 0 Å². The molecule has 3 unspecified atom stereocenters. The maximum absolute atomic E-state index is 9.56. The lowest BCUT2D eigenvalue weighted by Gasteiger charge is -2.22. The molecule has 0 aromatic carbocycles. The van der Waals surface area contributed by atoms with Crippen LogP contribution in [0.15, 0.2) is 0 Å². The first-order valence-corrected chi connectivity index (χ1v) is 6.90. The normalized spacial score (nSPS) is 43.7. The highest BCUT2D eigenvalue weighted by atomic mass is 16.3. The minimum absolute atomic E-state index is 0.0961. The predicted molar refractivity (Wildman–Crippen MR) is 67.0 cm³/mol. The molecular formula is C14H27NO. The predicted octanol–water partition coefficient (Wildman–Crippen LogP) is 2.55. The van der Waals surface area contributed by atoms with Gasteiger partial charge in [0.1, 0.15) is 0 Å². The Balaban J connectivity index is 2.00. The fourth-order valence-corrected chi connectivity index (χ4v) is 3.99. The van der Waals surface area contributed by atoms with E-state index in [9.17, 15) is 5.11 Å². The van der Waals surface area contributed by atoms with E-state index in [1.165, 1.54) is 38.5 Å². The zero-order valence-corrected chi connectivity index (χ0v) is 10.8. The number of aliphatic hydroxyl groups excluding tert-OH is 1. The summed E-state index contributed by atoms with van der Waals surface area (Å²) in [7, 11) is 0. The van der Waals surface area contributed by atoms with Crippen LogP contribution in [0.25, 0.3) is 0 Å². The minimum atomic E-state index is 0.0961. The van der Waals surface area contributed by atoms with Crippen molar-refractivity contribution in [2.45, 2.75) is 52.4 Å². The fourth-order valence-electron chi connectivity index (χ4n) is 3.99. The Morgan fingerprint density at radius 1 is 1.31 bits per heavy atom. The first-order valence-electron chi connectivity index (χ1n) is 6.90. The topological polar surface area (TPSA) is 46.2 Å². The molecule has 2 heteroatoms. The van der Waals surface area contributed by atoms with Gasteiger partial charge >= 0.3 is 0 Å². The van der Waals surface area contributed by atoms with Gasteiger partial charge in [-0.1, -0.05) is 26.7 Å². The average Bonchev–Trinajstić information content (AvgIpc) is 2.97. The fraction of sp³-hybridized carbons (Fsp3) is 1.00. The molecular weight excluding hydrogens is 198 g/mol. The molecule has 0 heterocycles. The lowest BCUT2D eigenvalue weighted by Crippen LogP contribution is -2.27. The van der Waals surface area contributed by atoms with E-state index >= 15 is 0 Å².